The van der Waals surface area contributed by atoms with Crippen LogP contribution in [0.5, 0.6) is 0 Å². The summed E-state index contributed by atoms with van der Waals surface area (Å²) < 4.78 is 17.5. The highest BCUT2D eigenvalue weighted by molar-refractivity contribution is 7.26. The highest BCUT2D eigenvalue weighted by atomic mass is 32.1. The van der Waals surface area contributed by atoms with Crippen LogP contribution >= 0.6 is 11.3 Å². The molecule has 14 aromatic carbocycles. The van der Waals surface area contributed by atoms with Crippen LogP contribution in [0, 0.1) is 0 Å². The molecule has 9 heteroatoms. The molecule has 0 amide bonds. The Bertz CT molecular complexity index is 5690. The summed E-state index contributed by atoms with van der Waals surface area (Å²) in [4.78, 5) is 10.0. The summed E-state index contributed by atoms with van der Waals surface area (Å²) in [7, 11) is 0. The number of rotatable bonds is 8. The maximum atomic E-state index is 7.55. The third-order valence-electron chi connectivity index (χ3n) is 20.5. The summed E-state index contributed by atoms with van der Waals surface area (Å²) in [6.45, 7) is -0.598. The highest BCUT2D eigenvalue weighted by Crippen LogP contribution is 2.52. The van der Waals surface area contributed by atoms with Crippen molar-refractivity contribution >= 4 is 168 Å². The number of nitrogens with zero attached hydrogens (tertiary/aromatic N) is 4. The van der Waals surface area contributed by atoms with Gasteiger partial charge < -0.3 is 28.4 Å². The molecule has 3 aromatic heterocycles. The number of hydrogen-bond acceptors (Lipinski definition) is 7. The topological polar surface area (TPSA) is 39.2 Å². The Hall–Kier alpha value is -12.3. The summed E-state index contributed by atoms with van der Waals surface area (Å²) >= 11 is 1.87. The predicted molar refractivity (Wildman–Crippen MR) is 409 cm³/mol. The van der Waals surface area contributed by atoms with E-state index < -0.39 is 0 Å². The van der Waals surface area contributed by atoms with Crippen molar-refractivity contribution in [2.75, 3.05) is 19.6 Å². The second kappa shape index (κ2) is 21.1. The average Bonchev–Trinajstić information content (AvgIpc) is 1.69. The molecular formula is C88H54B2N4O2S. The Morgan fingerprint density at radius 3 is 0.948 bits per heavy atom. The molecule has 0 atom stereocenters. The molecule has 0 saturated heterocycles. The van der Waals surface area contributed by atoms with Crippen molar-refractivity contribution in [3.8, 4) is 44.9 Å². The fourth-order valence-electron chi connectivity index (χ4n) is 16.2. The van der Waals surface area contributed by atoms with Crippen LogP contribution in [0.15, 0.2) is 336 Å². The van der Waals surface area contributed by atoms with E-state index >= 15 is 0 Å². The van der Waals surface area contributed by atoms with Crippen LogP contribution in [0.2, 0.25) is 0 Å². The van der Waals surface area contributed by atoms with Gasteiger partial charge in [0.05, 0.1) is 22.7 Å². The van der Waals surface area contributed by atoms with Crippen molar-refractivity contribution in [1.29, 1.82) is 0 Å². The Balaban J connectivity index is 0.867. The lowest BCUT2D eigenvalue weighted by Gasteiger charge is -2.43. The largest absolute Gasteiger partial charge is 0.468 e. The van der Waals surface area contributed by atoms with Crippen molar-refractivity contribution < 1.29 is 8.83 Å². The molecular weight excluding hydrogens is 1200 g/mol. The first-order valence-corrected chi connectivity index (χ1v) is 34.1. The predicted octanol–water partition coefficient (Wildman–Crippen LogP) is 20.4. The van der Waals surface area contributed by atoms with Crippen LogP contribution in [0.3, 0.4) is 0 Å². The van der Waals surface area contributed by atoms with Crippen LogP contribution < -0.4 is 52.8 Å². The molecule has 0 unspecified atom stereocenters. The van der Waals surface area contributed by atoms with E-state index in [4.69, 9.17) is 8.83 Å². The maximum absolute atomic E-state index is 7.55. The summed E-state index contributed by atoms with van der Waals surface area (Å²) in [6, 6.07) is 120. The quantitative estimate of drug-likeness (QED) is 0.141. The van der Waals surface area contributed by atoms with Gasteiger partial charge in [-0.05, 0) is 161 Å². The van der Waals surface area contributed by atoms with Gasteiger partial charge in [-0.15, -0.1) is 11.3 Å². The van der Waals surface area contributed by atoms with Crippen molar-refractivity contribution in [3.63, 3.8) is 0 Å². The number of furan rings is 2. The molecule has 0 aliphatic carbocycles. The van der Waals surface area contributed by atoms with E-state index in [1.165, 1.54) is 63.6 Å². The van der Waals surface area contributed by atoms with E-state index in [9.17, 15) is 0 Å². The van der Waals surface area contributed by atoms with E-state index in [0.29, 0.717) is 0 Å². The molecule has 0 bridgehead atoms. The monoisotopic (exact) mass is 1250 g/mol. The lowest BCUT2D eigenvalue weighted by Crippen LogP contribution is -2.61. The molecule has 6 nitrogen and oxygen atoms in total. The average molecular weight is 1250 g/mol. The summed E-state index contributed by atoms with van der Waals surface area (Å²) in [5.74, 6) is 1.66. The van der Waals surface area contributed by atoms with Crippen molar-refractivity contribution in [1.82, 2.24) is 0 Å². The van der Waals surface area contributed by atoms with Crippen molar-refractivity contribution in [3.05, 3.63) is 328 Å². The van der Waals surface area contributed by atoms with Crippen LogP contribution in [0.1, 0.15) is 0 Å². The minimum Gasteiger partial charge on any atom is -0.468 e. The maximum Gasteiger partial charge on any atom is 0.297 e. The first kappa shape index (κ1) is 54.1. The minimum absolute atomic E-state index is 0.299. The Labute approximate surface area is 565 Å². The first-order valence-electron chi connectivity index (χ1n) is 33.3. The highest BCUT2D eigenvalue weighted by Gasteiger charge is 2.49. The van der Waals surface area contributed by atoms with E-state index in [2.05, 4.69) is 347 Å². The van der Waals surface area contributed by atoms with Crippen LogP contribution in [-0.2, 0) is 0 Å². The minimum atomic E-state index is -0.299. The van der Waals surface area contributed by atoms with Crippen LogP contribution in [0.25, 0.3) is 86.6 Å². The Morgan fingerprint density at radius 1 is 0.237 bits per heavy atom. The van der Waals surface area contributed by atoms with E-state index in [-0.39, 0.29) is 13.4 Å². The number of thiophene rings is 1. The van der Waals surface area contributed by atoms with Gasteiger partial charge in [0.2, 0.25) is 0 Å². The van der Waals surface area contributed by atoms with Gasteiger partial charge in [-0.25, -0.2) is 0 Å². The van der Waals surface area contributed by atoms with Gasteiger partial charge in [-0.2, -0.15) is 0 Å². The number of hydrogen-bond donors (Lipinski definition) is 0. The fourth-order valence-corrected chi connectivity index (χ4v) is 17.4. The van der Waals surface area contributed by atoms with E-state index in [1.807, 2.05) is 11.3 Å². The molecule has 97 heavy (non-hydrogen) atoms. The Kier molecular flexibility index (Phi) is 11.8. The molecule has 17 aromatic rings. The van der Waals surface area contributed by atoms with Crippen molar-refractivity contribution in [2.45, 2.75) is 0 Å². The molecule has 7 heterocycles. The van der Waals surface area contributed by atoms with Gasteiger partial charge in [0.1, 0.15) is 11.5 Å². The number of fused-ring (bicyclic) bond motifs is 13. The molecule has 0 radical (unpaired) electrons. The van der Waals surface area contributed by atoms with Gasteiger partial charge in [-0.3, -0.25) is 0 Å². The summed E-state index contributed by atoms with van der Waals surface area (Å²) in [5, 5.41) is 7.14. The lowest BCUT2D eigenvalue weighted by atomic mass is 9.35. The zero-order valence-corrected chi connectivity index (χ0v) is 53.2. The molecule has 0 N–H and O–H groups in total. The Morgan fingerprint density at radius 2 is 0.567 bits per heavy atom. The van der Waals surface area contributed by atoms with Gasteiger partial charge in [0.25, 0.3) is 13.4 Å². The molecule has 0 saturated carbocycles. The smallest absolute Gasteiger partial charge is 0.297 e. The number of anilines is 12. The van der Waals surface area contributed by atoms with Crippen LogP contribution in [-0.4, -0.2) is 13.4 Å². The van der Waals surface area contributed by atoms with Gasteiger partial charge in [0.15, 0.2) is 0 Å². The van der Waals surface area contributed by atoms with Crippen LogP contribution in [0.4, 0.5) is 68.2 Å². The lowest BCUT2D eigenvalue weighted by molar-refractivity contribution is 0.615. The summed E-state index contributed by atoms with van der Waals surface area (Å²) in [6.07, 6.45) is 0. The molecule has 0 spiro atoms. The number of para-hydroxylation sites is 2. The number of benzene rings is 14. The SMILES string of the molecule is c1ccc(-c2cc3c4c(c2)N(c2ccccc2)c2cc(-c5ccccc5)oc2B4c2cc4c(cc2N3c2ccc3ccccc3c2)sc2cc3c(cc24)B2c4oc(-c5ccccc5)cc4N(c4ccccc4)c4cc(-c5ccccc5)cc(c42)N3c2ccc3ccccc3c2)cc1. The molecule has 0 fully saturated rings. The second-order valence-electron chi connectivity index (χ2n) is 25.9. The first-order chi connectivity index (χ1) is 48.1. The molecule has 450 valence electrons. The van der Waals surface area contributed by atoms with E-state index in [1.54, 1.807) is 0 Å². The van der Waals surface area contributed by atoms with Crippen molar-refractivity contribution in [2.24, 2.45) is 0 Å². The summed E-state index contributed by atoms with van der Waals surface area (Å²) in [5.41, 5.74) is 26.2. The molecule has 4 aliphatic rings. The molecule has 21 rings (SSSR count). The van der Waals surface area contributed by atoms with Gasteiger partial charge in [-0.1, -0.05) is 231 Å². The zero-order chi connectivity index (χ0) is 63.4. The normalized spacial score (nSPS) is 13.2. The van der Waals surface area contributed by atoms with Gasteiger partial charge >= 0.3 is 0 Å². The second-order valence-corrected chi connectivity index (χ2v) is 27.0. The molecule has 4 aliphatic heterocycles. The zero-order valence-electron chi connectivity index (χ0n) is 52.3. The van der Waals surface area contributed by atoms with E-state index in [0.717, 1.165) is 124 Å². The third kappa shape index (κ3) is 8.29. The fraction of sp³-hybridized carbons (Fsp3) is 0. The standard InChI is InChI=1S/C88H54B2N4O2S/c1-7-23-55(24-8-1)63-45-75-85-77(47-63)93(67-41-39-57-27-19-21-33-61(57)43-67)73-53-83-69(49-71(73)89(85)87-79(91(75)65-35-15-5-16-36-65)51-81(95-87)59-29-11-3-12-30-59)70-50-72-74(54-84(70)97-83)94(68-42-40-58-28-20-22-34-62(58)44-68)78-48-64(56-25-9-2-10-26-56)46-76-86(78)90(72)88-80(92(76)66-37-17-6-18-38-66)52-82(96-88)60-31-13-4-14-32-60/h1-54H. The third-order valence-corrected chi connectivity index (χ3v) is 21.6. The van der Waals surface area contributed by atoms with Gasteiger partial charge in [0, 0.05) is 89.5 Å².